The van der Waals surface area contributed by atoms with Gasteiger partial charge in [-0.3, -0.25) is 0 Å². The van der Waals surface area contributed by atoms with Crippen molar-refractivity contribution < 1.29 is 0 Å². The van der Waals surface area contributed by atoms with Crippen LogP contribution in [-0.2, 0) is 0 Å². The first-order chi connectivity index (χ1) is 6.88. The van der Waals surface area contributed by atoms with E-state index in [-0.39, 0.29) is 0 Å². The molecule has 2 aromatic rings. The second kappa shape index (κ2) is 2.71. The van der Waals surface area contributed by atoms with Crippen molar-refractivity contribution in [3.05, 3.63) is 65.6 Å². The van der Waals surface area contributed by atoms with Gasteiger partial charge in [0.15, 0.2) is 0 Å². The van der Waals surface area contributed by atoms with Crippen LogP contribution < -0.4 is 0 Å². The Bertz CT molecular complexity index is 437. The standard InChI is InChI=1S/C14H11/c1-10-11-6-2-4-8-13(11)14-9-5-3-7-12(10)14/h2-9H,1H3. The maximum Gasteiger partial charge on any atom is 0.0321 e. The van der Waals surface area contributed by atoms with Crippen molar-refractivity contribution in [2.24, 2.45) is 0 Å². The van der Waals surface area contributed by atoms with E-state index in [1.807, 2.05) is 0 Å². The molecule has 3 rings (SSSR count). The molecule has 0 amide bonds. The van der Waals surface area contributed by atoms with Crippen molar-refractivity contribution in [2.45, 2.75) is 6.92 Å². The molecule has 0 heteroatoms. The fourth-order valence-corrected chi connectivity index (χ4v) is 2.24. The molecule has 1 aliphatic rings. The molecule has 14 heavy (non-hydrogen) atoms. The minimum Gasteiger partial charge on any atom is -0.0619 e. The summed E-state index contributed by atoms with van der Waals surface area (Å²) in [4.78, 5) is 0. The van der Waals surface area contributed by atoms with Crippen LogP contribution in [-0.4, -0.2) is 0 Å². The highest BCUT2D eigenvalue weighted by atomic mass is 14.3. The molecule has 0 bridgehead atoms. The lowest BCUT2D eigenvalue weighted by Gasteiger charge is -2.03. The summed E-state index contributed by atoms with van der Waals surface area (Å²) in [6.07, 6.45) is 0. The summed E-state index contributed by atoms with van der Waals surface area (Å²) in [6.45, 7) is 2.20. The van der Waals surface area contributed by atoms with Crippen LogP contribution >= 0.6 is 0 Å². The molecule has 0 saturated carbocycles. The zero-order valence-corrected chi connectivity index (χ0v) is 8.12. The van der Waals surface area contributed by atoms with E-state index >= 15 is 0 Å². The molecular weight excluding hydrogens is 168 g/mol. The summed E-state index contributed by atoms with van der Waals surface area (Å²) in [5.41, 5.74) is 5.52. The first kappa shape index (κ1) is 7.81. The Balaban J connectivity index is 2.36. The predicted molar refractivity (Wildman–Crippen MR) is 59.0 cm³/mol. The monoisotopic (exact) mass is 179 g/mol. The Kier molecular flexibility index (Phi) is 1.51. The molecule has 0 saturated heterocycles. The Morgan fingerprint density at radius 3 is 1.36 bits per heavy atom. The molecule has 0 spiro atoms. The molecule has 0 unspecified atom stereocenters. The lowest BCUT2D eigenvalue weighted by atomic mass is 10.00. The van der Waals surface area contributed by atoms with Gasteiger partial charge in [-0.1, -0.05) is 55.5 Å². The van der Waals surface area contributed by atoms with Crippen LogP contribution in [0, 0.1) is 5.92 Å². The highest BCUT2D eigenvalue weighted by Crippen LogP contribution is 2.43. The number of rotatable bonds is 0. The number of hydrogen-bond acceptors (Lipinski definition) is 0. The molecule has 0 fully saturated rings. The fraction of sp³-hybridized carbons (Fsp3) is 0.0714. The quantitative estimate of drug-likeness (QED) is 0.579. The highest BCUT2D eigenvalue weighted by Gasteiger charge is 2.24. The Morgan fingerprint density at radius 1 is 0.571 bits per heavy atom. The van der Waals surface area contributed by atoms with Crippen LogP contribution in [0.4, 0.5) is 0 Å². The van der Waals surface area contributed by atoms with Crippen molar-refractivity contribution in [3.63, 3.8) is 0 Å². The van der Waals surface area contributed by atoms with Gasteiger partial charge in [0.05, 0.1) is 0 Å². The molecule has 0 aromatic heterocycles. The van der Waals surface area contributed by atoms with E-state index in [4.69, 9.17) is 0 Å². The smallest absolute Gasteiger partial charge is 0.0321 e. The largest absolute Gasteiger partial charge is 0.0619 e. The third-order valence-electron chi connectivity index (χ3n) is 2.95. The lowest BCUT2D eigenvalue weighted by molar-refractivity contribution is 1.24. The summed E-state index contributed by atoms with van der Waals surface area (Å²) in [6, 6.07) is 17.2. The van der Waals surface area contributed by atoms with Gasteiger partial charge < -0.3 is 0 Å². The van der Waals surface area contributed by atoms with Gasteiger partial charge in [0, 0.05) is 5.92 Å². The van der Waals surface area contributed by atoms with Gasteiger partial charge in [-0.15, -0.1) is 0 Å². The van der Waals surface area contributed by atoms with Crippen LogP contribution in [0.3, 0.4) is 0 Å². The lowest BCUT2D eigenvalue weighted by Crippen LogP contribution is -1.89. The van der Waals surface area contributed by atoms with E-state index in [2.05, 4.69) is 55.5 Å². The average molecular weight is 179 g/mol. The Morgan fingerprint density at radius 2 is 0.929 bits per heavy atom. The SMILES string of the molecule is C[C]1c2ccccc2-c2ccccc21. The number of fused-ring (bicyclic) bond motifs is 3. The molecule has 2 aromatic carbocycles. The minimum absolute atomic E-state index is 1.38. The fourth-order valence-electron chi connectivity index (χ4n) is 2.24. The van der Waals surface area contributed by atoms with Crippen molar-refractivity contribution in [1.82, 2.24) is 0 Å². The minimum atomic E-state index is 1.38. The van der Waals surface area contributed by atoms with Gasteiger partial charge in [0.25, 0.3) is 0 Å². The normalized spacial score (nSPS) is 13.8. The summed E-state index contributed by atoms with van der Waals surface area (Å²) in [5.74, 6) is 1.40. The van der Waals surface area contributed by atoms with E-state index in [1.165, 1.54) is 28.2 Å². The molecule has 0 N–H and O–H groups in total. The van der Waals surface area contributed by atoms with Crippen molar-refractivity contribution in [1.29, 1.82) is 0 Å². The molecule has 0 nitrogen and oxygen atoms in total. The Labute approximate surface area is 84.2 Å². The first-order valence-corrected chi connectivity index (χ1v) is 4.90. The van der Waals surface area contributed by atoms with Crippen molar-refractivity contribution in [2.75, 3.05) is 0 Å². The molecule has 1 aliphatic carbocycles. The third kappa shape index (κ3) is 0.884. The summed E-state index contributed by atoms with van der Waals surface area (Å²) in [7, 11) is 0. The van der Waals surface area contributed by atoms with E-state index in [9.17, 15) is 0 Å². The molecule has 0 heterocycles. The topological polar surface area (TPSA) is 0 Å². The van der Waals surface area contributed by atoms with Crippen LogP contribution in [0.25, 0.3) is 11.1 Å². The van der Waals surface area contributed by atoms with E-state index in [0.29, 0.717) is 0 Å². The second-order valence-electron chi connectivity index (χ2n) is 3.72. The van der Waals surface area contributed by atoms with Crippen molar-refractivity contribution >= 4 is 0 Å². The predicted octanol–water partition coefficient (Wildman–Crippen LogP) is 3.66. The maximum atomic E-state index is 2.20. The second-order valence-corrected chi connectivity index (χ2v) is 3.72. The molecule has 1 radical (unpaired) electrons. The van der Waals surface area contributed by atoms with E-state index in [1.54, 1.807) is 0 Å². The number of benzene rings is 2. The summed E-state index contributed by atoms with van der Waals surface area (Å²) < 4.78 is 0. The zero-order valence-electron chi connectivity index (χ0n) is 8.12. The maximum absolute atomic E-state index is 2.20. The highest BCUT2D eigenvalue weighted by molar-refractivity contribution is 5.83. The average Bonchev–Trinajstić information content (AvgIpc) is 2.55. The molecule has 67 valence electrons. The van der Waals surface area contributed by atoms with Gasteiger partial charge >= 0.3 is 0 Å². The van der Waals surface area contributed by atoms with E-state index in [0.717, 1.165) is 0 Å². The van der Waals surface area contributed by atoms with E-state index < -0.39 is 0 Å². The number of hydrogen-bond donors (Lipinski definition) is 0. The van der Waals surface area contributed by atoms with Crippen molar-refractivity contribution in [3.8, 4) is 11.1 Å². The first-order valence-electron chi connectivity index (χ1n) is 4.90. The van der Waals surface area contributed by atoms with Gasteiger partial charge in [-0.25, -0.2) is 0 Å². The van der Waals surface area contributed by atoms with Crippen LogP contribution in [0.5, 0.6) is 0 Å². The third-order valence-corrected chi connectivity index (χ3v) is 2.95. The Hall–Kier alpha value is -1.56. The van der Waals surface area contributed by atoms with Crippen LogP contribution in [0.2, 0.25) is 0 Å². The van der Waals surface area contributed by atoms with Crippen LogP contribution in [0.1, 0.15) is 18.1 Å². The van der Waals surface area contributed by atoms with Gasteiger partial charge in [0.2, 0.25) is 0 Å². The van der Waals surface area contributed by atoms with Gasteiger partial charge in [-0.05, 0) is 22.3 Å². The summed E-state index contributed by atoms with van der Waals surface area (Å²) in [5, 5.41) is 0. The molecular formula is C14H11. The van der Waals surface area contributed by atoms with Gasteiger partial charge in [0.1, 0.15) is 0 Å². The van der Waals surface area contributed by atoms with Gasteiger partial charge in [-0.2, -0.15) is 0 Å². The molecule has 0 atom stereocenters. The zero-order chi connectivity index (χ0) is 9.54. The summed E-state index contributed by atoms with van der Waals surface area (Å²) >= 11 is 0. The van der Waals surface area contributed by atoms with Crippen LogP contribution in [0.15, 0.2) is 48.5 Å². The molecule has 0 aliphatic heterocycles.